The number of aromatic amines is 1. The molecule has 1 aliphatic carbocycles. The molecule has 40 heavy (non-hydrogen) atoms. The molecule has 2 aliphatic rings. The number of aliphatic hydroxyl groups is 1. The van der Waals surface area contributed by atoms with E-state index in [0.717, 1.165) is 16.7 Å². The lowest BCUT2D eigenvalue weighted by molar-refractivity contribution is 0.0562. The highest BCUT2D eigenvalue weighted by Crippen LogP contribution is 2.33. The summed E-state index contributed by atoms with van der Waals surface area (Å²) < 4.78 is 0. The number of aliphatic hydroxyl groups excluding tert-OH is 1. The van der Waals surface area contributed by atoms with Crippen LogP contribution in [0.5, 0.6) is 5.75 Å². The third-order valence-corrected chi connectivity index (χ3v) is 7.26. The Kier molecular flexibility index (Phi) is 7.58. The van der Waals surface area contributed by atoms with E-state index in [9.17, 15) is 24.6 Å². The lowest BCUT2D eigenvalue weighted by atomic mass is 9.89. The number of nitrogens with zero attached hydrogens (tertiary/aromatic N) is 3. The van der Waals surface area contributed by atoms with Crippen LogP contribution in [-0.4, -0.2) is 66.7 Å². The lowest BCUT2D eigenvalue weighted by Crippen LogP contribution is -2.46. The van der Waals surface area contributed by atoms with E-state index in [2.05, 4.69) is 27.1 Å². The minimum Gasteiger partial charge on any atom is -0.502 e. The van der Waals surface area contributed by atoms with Gasteiger partial charge in [0.25, 0.3) is 11.5 Å². The van der Waals surface area contributed by atoms with E-state index >= 15 is 0 Å². The van der Waals surface area contributed by atoms with E-state index in [1.54, 1.807) is 34.1 Å². The highest BCUT2D eigenvalue weighted by Gasteiger charge is 2.40. The largest absolute Gasteiger partial charge is 0.502 e. The van der Waals surface area contributed by atoms with Gasteiger partial charge in [-0.2, -0.15) is 0 Å². The van der Waals surface area contributed by atoms with Crippen LogP contribution in [-0.2, 0) is 6.54 Å². The first-order chi connectivity index (χ1) is 19.2. The molecule has 2 aromatic carbocycles. The molecule has 2 heterocycles. The standard InChI is InChI=1S/C30H31N5O5/c1-18(2)35-26(16-34(30(35)40)15-25-27(37)29(39)32-17-31-25)21-9-5-19(6-10-21)3-4-20-7-11-22(12-8-20)28(38)33-23-13-24(36)14-23/h5-12,17-18,23-24,26,36-37H,13-16H2,1-2H3,(H,33,38)(H,31,32,39). The summed E-state index contributed by atoms with van der Waals surface area (Å²) in [4.78, 5) is 47.0. The zero-order valence-electron chi connectivity index (χ0n) is 22.3. The second-order valence-electron chi connectivity index (χ2n) is 10.5. The molecule has 4 N–H and O–H groups in total. The van der Waals surface area contributed by atoms with E-state index in [0.29, 0.717) is 24.9 Å². The molecular formula is C30H31N5O5. The van der Waals surface area contributed by atoms with Gasteiger partial charge in [-0.3, -0.25) is 9.59 Å². The monoisotopic (exact) mass is 541 g/mol. The molecule has 3 aromatic rings. The van der Waals surface area contributed by atoms with Gasteiger partial charge in [-0.15, -0.1) is 0 Å². The zero-order chi connectivity index (χ0) is 28.4. The maximum absolute atomic E-state index is 13.2. The molecule has 10 nitrogen and oxygen atoms in total. The number of hydrogen-bond donors (Lipinski definition) is 4. The second kappa shape index (κ2) is 11.2. The van der Waals surface area contributed by atoms with Crippen LogP contribution < -0.4 is 10.9 Å². The summed E-state index contributed by atoms with van der Waals surface area (Å²) >= 11 is 0. The Bertz CT molecular complexity index is 1520. The number of aromatic hydroxyl groups is 1. The van der Waals surface area contributed by atoms with E-state index in [1.165, 1.54) is 6.33 Å². The highest BCUT2D eigenvalue weighted by molar-refractivity contribution is 5.94. The van der Waals surface area contributed by atoms with Crippen molar-refractivity contribution >= 4 is 11.9 Å². The van der Waals surface area contributed by atoms with Crippen LogP contribution in [0.4, 0.5) is 4.79 Å². The van der Waals surface area contributed by atoms with Crippen LogP contribution in [0.15, 0.2) is 59.7 Å². The Hall–Kier alpha value is -4.62. The SMILES string of the molecule is CC(C)N1C(=O)N(Cc2nc[nH]c(=O)c2O)CC1c1ccc(C#Cc2ccc(C(=O)NC3CC(O)C3)cc2)cc1. The number of amides is 3. The minimum absolute atomic E-state index is 0.0298. The second-order valence-corrected chi connectivity index (χ2v) is 10.5. The van der Waals surface area contributed by atoms with Crippen molar-refractivity contribution in [1.82, 2.24) is 25.1 Å². The van der Waals surface area contributed by atoms with Crippen molar-refractivity contribution in [1.29, 1.82) is 0 Å². The number of H-pyrrole nitrogens is 1. The van der Waals surface area contributed by atoms with Crippen LogP contribution >= 0.6 is 0 Å². The van der Waals surface area contributed by atoms with E-state index < -0.39 is 11.3 Å². The Morgan fingerprint density at radius 3 is 2.30 bits per heavy atom. The molecule has 5 rings (SSSR count). The highest BCUT2D eigenvalue weighted by atomic mass is 16.3. The molecule has 1 atom stereocenters. The van der Waals surface area contributed by atoms with E-state index in [1.807, 2.05) is 38.1 Å². The van der Waals surface area contributed by atoms with Gasteiger partial charge >= 0.3 is 6.03 Å². The average molecular weight is 542 g/mol. The summed E-state index contributed by atoms with van der Waals surface area (Å²) in [5.74, 6) is 5.62. The maximum atomic E-state index is 13.2. The fourth-order valence-corrected chi connectivity index (χ4v) is 4.99. The molecule has 1 unspecified atom stereocenters. The van der Waals surface area contributed by atoms with Gasteiger partial charge in [0.15, 0.2) is 0 Å². The van der Waals surface area contributed by atoms with Crippen molar-refractivity contribution < 1.29 is 19.8 Å². The number of benzene rings is 2. The summed E-state index contributed by atoms with van der Waals surface area (Å²) in [7, 11) is 0. The molecule has 0 bridgehead atoms. The molecule has 1 aromatic heterocycles. The minimum atomic E-state index is -0.641. The predicted octanol–water partition coefficient (Wildman–Crippen LogP) is 2.52. The molecule has 3 amide bonds. The first-order valence-electron chi connectivity index (χ1n) is 13.2. The zero-order valence-corrected chi connectivity index (χ0v) is 22.3. The number of rotatable bonds is 6. The topological polar surface area (TPSA) is 139 Å². The summed E-state index contributed by atoms with van der Waals surface area (Å²) in [6.07, 6.45) is 2.08. The number of hydrogen-bond acceptors (Lipinski definition) is 6. The van der Waals surface area contributed by atoms with Crippen molar-refractivity contribution in [2.75, 3.05) is 6.54 Å². The molecule has 0 spiro atoms. The molecule has 1 saturated heterocycles. The van der Waals surface area contributed by atoms with Crippen LogP contribution in [0.3, 0.4) is 0 Å². The third-order valence-electron chi connectivity index (χ3n) is 7.26. The maximum Gasteiger partial charge on any atom is 0.321 e. The summed E-state index contributed by atoms with van der Waals surface area (Å²) in [5.41, 5.74) is 2.60. The Labute approximate surface area is 231 Å². The molecule has 1 saturated carbocycles. The van der Waals surface area contributed by atoms with Gasteiger partial charge in [-0.05, 0) is 68.7 Å². The Morgan fingerprint density at radius 2 is 1.70 bits per heavy atom. The Morgan fingerprint density at radius 1 is 1.07 bits per heavy atom. The number of carbonyl (C=O) groups excluding carboxylic acids is 2. The van der Waals surface area contributed by atoms with Crippen molar-refractivity contribution in [2.45, 2.75) is 57.5 Å². The average Bonchev–Trinajstić information content (AvgIpc) is 3.25. The van der Waals surface area contributed by atoms with Gasteiger partial charge in [0, 0.05) is 35.3 Å². The van der Waals surface area contributed by atoms with Gasteiger partial charge in [-0.25, -0.2) is 9.78 Å². The smallest absolute Gasteiger partial charge is 0.321 e. The molecule has 2 fully saturated rings. The van der Waals surface area contributed by atoms with Crippen LogP contribution in [0, 0.1) is 11.8 Å². The Balaban J connectivity index is 1.25. The van der Waals surface area contributed by atoms with Gasteiger partial charge in [-0.1, -0.05) is 24.0 Å². The third kappa shape index (κ3) is 5.70. The van der Waals surface area contributed by atoms with Gasteiger partial charge in [0.05, 0.1) is 25.0 Å². The number of urea groups is 1. The van der Waals surface area contributed by atoms with Gasteiger partial charge in [0.2, 0.25) is 5.75 Å². The fraction of sp³-hybridized carbons (Fsp3) is 0.333. The first-order valence-corrected chi connectivity index (χ1v) is 13.2. The summed E-state index contributed by atoms with van der Waals surface area (Å²) in [6, 6.07) is 14.4. The molecular weight excluding hydrogens is 510 g/mol. The molecule has 206 valence electrons. The van der Waals surface area contributed by atoms with Crippen molar-refractivity contribution in [3.63, 3.8) is 0 Å². The fourth-order valence-electron chi connectivity index (χ4n) is 4.99. The summed E-state index contributed by atoms with van der Waals surface area (Å²) in [6.45, 7) is 4.31. The summed E-state index contributed by atoms with van der Waals surface area (Å²) in [5, 5.41) is 22.3. The van der Waals surface area contributed by atoms with E-state index in [4.69, 9.17) is 0 Å². The van der Waals surface area contributed by atoms with Gasteiger partial charge in [0.1, 0.15) is 5.69 Å². The number of aromatic nitrogens is 2. The number of carbonyl (C=O) groups is 2. The van der Waals surface area contributed by atoms with Crippen molar-refractivity contribution in [3.05, 3.63) is 93.2 Å². The lowest BCUT2D eigenvalue weighted by Gasteiger charge is -2.31. The molecule has 0 radical (unpaired) electrons. The van der Waals surface area contributed by atoms with Crippen molar-refractivity contribution in [3.8, 4) is 17.6 Å². The van der Waals surface area contributed by atoms with Crippen molar-refractivity contribution in [2.24, 2.45) is 0 Å². The van der Waals surface area contributed by atoms with Crippen LogP contribution in [0.25, 0.3) is 0 Å². The molecule has 10 heteroatoms. The molecule has 1 aliphatic heterocycles. The van der Waals surface area contributed by atoms with Gasteiger partial charge < -0.3 is 30.3 Å². The number of nitrogens with one attached hydrogen (secondary N) is 2. The first kappa shape index (κ1) is 27.0. The quantitative estimate of drug-likeness (QED) is 0.354. The van der Waals surface area contributed by atoms with Crippen LogP contribution in [0.1, 0.15) is 65.5 Å². The van der Waals surface area contributed by atoms with Crippen LogP contribution in [0.2, 0.25) is 0 Å². The predicted molar refractivity (Wildman–Crippen MR) is 147 cm³/mol. The normalized spacial score (nSPS) is 20.2. The van der Waals surface area contributed by atoms with E-state index in [-0.39, 0.29) is 48.4 Å².